The molecule has 1 heterocycles. The van der Waals surface area contributed by atoms with Crippen molar-refractivity contribution in [1.82, 2.24) is 0 Å². The number of thioether (sulfide) groups is 1. The molecule has 0 nitrogen and oxygen atoms in total. The molecule has 0 aliphatic carbocycles. The third-order valence-electron chi connectivity index (χ3n) is 1.54. The third kappa shape index (κ3) is 2.21. The van der Waals surface area contributed by atoms with Gasteiger partial charge in [0.15, 0.2) is 0 Å². The molecule has 1 fully saturated rings. The molecule has 2 unspecified atom stereocenters. The first-order valence-corrected chi connectivity index (χ1v) is 5.15. The highest BCUT2D eigenvalue weighted by Crippen LogP contribution is 2.34. The summed E-state index contributed by atoms with van der Waals surface area (Å²) in [7, 11) is 0. The smallest absolute Gasteiger partial charge is 0.0342 e. The van der Waals surface area contributed by atoms with E-state index in [1.165, 1.54) is 12.8 Å². The molecule has 0 bridgehead atoms. The Morgan fingerprint density at radius 1 is 1.11 bits per heavy atom. The number of alkyl halides is 2. The molecule has 0 aromatic heterocycles. The highest BCUT2D eigenvalue weighted by atomic mass is 35.5. The number of hydrogen-bond acceptors (Lipinski definition) is 1. The van der Waals surface area contributed by atoms with Gasteiger partial charge < -0.3 is 0 Å². The lowest BCUT2D eigenvalue weighted by Crippen LogP contribution is -1.99. The van der Waals surface area contributed by atoms with E-state index in [-0.39, 0.29) is 0 Å². The number of rotatable bonds is 2. The maximum atomic E-state index is 5.67. The van der Waals surface area contributed by atoms with Crippen LogP contribution in [0.1, 0.15) is 12.8 Å². The van der Waals surface area contributed by atoms with E-state index in [1.54, 1.807) is 0 Å². The highest BCUT2D eigenvalue weighted by Gasteiger charge is 2.23. The second-order valence-electron chi connectivity index (χ2n) is 2.27. The molecule has 0 aromatic carbocycles. The largest absolute Gasteiger partial charge is 0.153 e. The van der Waals surface area contributed by atoms with Crippen molar-refractivity contribution in [3.05, 3.63) is 0 Å². The van der Waals surface area contributed by atoms with Crippen molar-refractivity contribution in [3.63, 3.8) is 0 Å². The molecule has 1 aliphatic heterocycles. The molecule has 1 rings (SSSR count). The van der Waals surface area contributed by atoms with Gasteiger partial charge in [0, 0.05) is 22.3 Å². The molecule has 0 aromatic rings. The lowest BCUT2D eigenvalue weighted by Gasteiger charge is -2.03. The van der Waals surface area contributed by atoms with Gasteiger partial charge in [0.25, 0.3) is 0 Å². The van der Waals surface area contributed by atoms with E-state index in [0.29, 0.717) is 10.5 Å². The Bertz CT molecular complexity index is 77.1. The monoisotopic (exact) mass is 184 g/mol. The summed E-state index contributed by atoms with van der Waals surface area (Å²) in [5.41, 5.74) is 0. The van der Waals surface area contributed by atoms with Crippen LogP contribution in [0, 0.1) is 0 Å². The van der Waals surface area contributed by atoms with Gasteiger partial charge >= 0.3 is 0 Å². The molecular weight excluding hydrogens is 175 g/mol. The minimum Gasteiger partial charge on any atom is -0.153 e. The molecule has 0 spiro atoms. The molecule has 9 heavy (non-hydrogen) atoms. The summed E-state index contributed by atoms with van der Waals surface area (Å²) in [4.78, 5) is 0. The first-order valence-electron chi connectivity index (χ1n) is 3.14. The number of hydrogen-bond donors (Lipinski definition) is 0. The predicted octanol–water partition coefficient (Wildman–Crippen LogP) is 2.73. The quantitative estimate of drug-likeness (QED) is 0.596. The van der Waals surface area contributed by atoms with Gasteiger partial charge in [-0.3, -0.25) is 0 Å². The zero-order valence-electron chi connectivity index (χ0n) is 5.15. The van der Waals surface area contributed by atoms with E-state index in [9.17, 15) is 0 Å². The van der Waals surface area contributed by atoms with Crippen LogP contribution in [0.25, 0.3) is 0 Å². The van der Waals surface area contributed by atoms with E-state index in [1.807, 2.05) is 11.8 Å². The van der Waals surface area contributed by atoms with Crippen LogP contribution in [0.3, 0.4) is 0 Å². The van der Waals surface area contributed by atoms with Crippen LogP contribution >= 0.6 is 35.0 Å². The molecule has 0 radical (unpaired) electrons. The highest BCUT2D eigenvalue weighted by molar-refractivity contribution is 8.00. The van der Waals surface area contributed by atoms with Crippen molar-refractivity contribution in [3.8, 4) is 0 Å². The first kappa shape index (κ1) is 8.03. The standard InChI is InChI=1S/C6H10Cl2S/c7-3-5-1-2-6(4-8)9-5/h5-6H,1-4H2. The molecule has 3 heteroatoms. The fraction of sp³-hybridized carbons (Fsp3) is 1.00. The maximum Gasteiger partial charge on any atom is 0.0342 e. The van der Waals surface area contributed by atoms with Crippen molar-refractivity contribution in [2.75, 3.05) is 11.8 Å². The van der Waals surface area contributed by atoms with Crippen LogP contribution in [0.5, 0.6) is 0 Å². The van der Waals surface area contributed by atoms with Gasteiger partial charge in [0.1, 0.15) is 0 Å². The van der Waals surface area contributed by atoms with Crippen molar-refractivity contribution in [2.24, 2.45) is 0 Å². The summed E-state index contributed by atoms with van der Waals surface area (Å²) in [5, 5.41) is 1.35. The van der Waals surface area contributed by atoms with Crippen LogP contribution in [0.4, 0.5) is 0 Å². The fourth-order valence-electron chi connectivity index (χ4n) is 1.01. The van der Waals surface area contributed by atoms with Crippen molar-refractivity contribution >= 4 is 35.0 Å². The van der Waals surface area contributed by atoms with E-state index >= 15 is 0 Å². The molecule has 0 N–H and O–H groups in total. The van der Waals surface area contributed by atoms with Gasteiger partial charge in [0.05, 0.1) is 0 Å². The molecule has 0 saturated carbocycles. The molecular formula is C6H10Cl2S. The van der Waals surface area contributed by atoms with Crippen LogP contribution in [-0.2, 0) is 0 Å². The van der Waals surface area contributed by atoms with Gasteiger partial charge in [0.2, 0.25) is 0 Å². The summed E-state index contributed by atoms with van der Waals surface area (Å²) < 4.78 is 0. The van der Waals surface area contributed by atoms with Crippen molar-refractivity contribution in [1.29, 1.82) is 0 Å². The lowest BCUT2D eigenvalue weighted by molar-refractivity contribution is 0.782. The van der Waals surface area contributed by atoms with Gasteiger partial charge in [-0.05, 0) is 12.8 Å². The zero-order valence-corrected chi connectivity index (χ0v) is 7.48. The molecule has 0 amide bonds. The Labute approximate surface area is 70.3 Å². The number of halogens is 2. The second-order valence-corrected chi connectivity index (χ2v) is 4.49. The Morgan fingerprint density at radius 2 is 1.56 bits per heavy atom. The summed E-state index contributed by atoms with van der Waals surface area (Å²) in [5.74, 6) is 1.58. The van der Waals surface area contributed by atoms with E-state index in [2.05, 4.69) is 0 Å². The fourth-order valence-corrected chi connectivity index (χ4v) is 2.99. The lowest BCUT2D eigenvalue weighted by atomic mass is 10.2. The minimum absolute atomic E-state index is 0.676. The van der Waals surface area contributed by atoms with Crippen LogP contribution < -0.4 is 0 Å². The molecule has 54 valence electrons. The Kier molecular flexibility index (Phi) is 3.52. The molecule has 1 saturated heterocycles. The average molecular weight is 185 g/mol. The van der Waals surface area contributed by atoms with Crippen molar-refractivity contribution in [2.45, 2.75) is 23.3 Å². The summed E-state index contributed by atoms with van der Waals surface area (Å²) in [6.07, 6.45) is 2.51. The summed E-state index contributed by atoms with van der Waals surface area (Å²) >= 11 is 13.3. The third-order valence-corrected chi connectivity index (χ3v) is 4.23. The van der Waals surface area contributed by atoms with E-state index < -0.39 is 0 Å². The van der Waals surface area contributed by atoms with Gasteiger partial charge in [-0.15, -0.1) is 23.2 Å². The maximum absolute atomic E-state index is 5.67. The van der Waals surface area contributed by atoms with Gasteiger partial charge in [-0.1, -0.05) is 0 Å². The predicted molar refractivity (Wildman–Crippen MR) is 45.8 cm³/mol. The first-order chi connectivity index (χ1) is 4.36. The molecule has 1 aliphatic rings. The Morgan fingerprint density at radius 3 is 1.78 bits per heavy atom. The van der Waals surface area contributed by atoms with E-state index in [4.69, 9.17) is 23.2 Å². The summed E-state index contributed by atoms with van der Waals surface area (Å²) in [6, 6.07) is 0. The van der Waals surface area contributed by atoms with Crippen LogP contribution in [0.15, 0.2) is 0 Å². The normalized spacial score (nSPS) is 35.3. The van der Waals surface area contributed by atoms with Gasteiger partial charge in [-0.25, -0.2) is 0 Å². The van der Waals surface area contributed by atoms with E-state index in [0.717, 1.165) is 11.8 Å². The SMILES string of the molecule is ClCC1CCC(CCl)S1. The topological polar surface area (TPSA) is 0 Å². The summed E-state index contributed by atoms with van der Waals surface area (Å²) in [6.45, 7) is 0. The second kappa shape index (κ2) is 3.95. The zero-order chi connectivity index (χ0) is 6.69. The Hall–Kier alpha value is 0.930. The average Bonchev–Trinajstić information content (AvgIpc) is 2.34. The van der Waals surface area contributed by atoms with Crippen LogP contribution in [0.2, 0.25) is 0 Å². The van der Waals surface area contributed by atoms with Crippen LogP contribution in [-0.4, -0.2) is 22.3 Å². The Balaban J connectivity index is 2.20. The minimum atomic E-state index is 0.676. The van der Waals surface area contributed by atoms with Gasteiger partial charge in [-0.2, -0.15) is 11.8 Å². The molecule has 2 atom stereocenters. The van der Waals surface area contributed by atoms with Crippen molar-refractivity contribution < 1.29 is 0 Å².